The molecule has 35 heavy (non-hydrogen) atoms. The first kappa shape index (κ1) is 22.7. The number of aryl methyl sites for hydroxylation is 1. The molecule has 8 nitrogen and oxygen atoms in total. The van der Waals surface area contributed by atoms with Crippen molar-refractivity contribution in [2.75, 3.05) is 23.3 Å². The van der Waals surface area contributed by atoms with Gasteiger partial charge in [-0.2, -0.15) is 5.10 Å². The van der Waals surface area contributed by atoms with E-state index in [0.717, 1.165) is 42.6 Å². The summed E-state index contributed by atoms with van der Waals surface area (Å²) in [7, 11) is 0. The normalized spacial score (nSPS) is 16.9. The van der Waals surface area contributed by atoms with Gasteiger partial charge in [-0.3, -0.25) is 9.89 Å². The highest BCUT2D eigenvalue weighted by atomic mass is 16.4. The minimum atomic E-state index is -1.000. The van der Waals surface area contributed by atoms with Crippen molar-refractivity contribution in [1.29, 1.82) is 0 Å². The Morgan fingerprint density at radius 3 is 2.89 bits per heavy atom. The van der Waals surface area contributed by atoms with Gasteiger partial charge in [-0.1, -0.05) is 18.2 Å². The second kappa shape index (κ2) is 9.29. The summed E-state index contributed by atoms with van der Waals surface area (Å²) in [5.74, 6) is -0.131. The van der Waals surface area contributed by atoms with E-state index in [1.807, 2.05) is 38.4 Å². The molecule has 0 unspecified atom stereocenters. The molecule has 0 spiro atoms. The maximum absolute atomic E-state index is 13.2. The van der Waals surface area contributed by atoms with Crippen LogP contribution in [0.5, 0.6) is 0 Å². The van der Waals surface area contributed by atoms with Crippen LogP contribution in [-0.2, 0) is 0 Å². The largest absolute Gasteiger partial charge is 0.478 e. The van der Waals surface area contributed by atoms with Gasteiger partial charge in [0.1, 0.15) is 5.58 Å². The zero-order chi connectivity index (χ0) is 24.5. The van der Waals surface area contributed by atoms with Crippen molar-refractivity contribution in [3.05, 3.63) is 87.3 Å². The van der Waals surface area contributed by atoms with Crippen LogP contribution in [0.2, 0.25) is 0 Å². The van der Waals surface area contributed by atoms with Crippen LogP contribution in [0.1, 0.15) is 58.8 Å². The summed E-state index contributed by atoms with van der Waals surface area (Å²) in [6.07, 6.45) is 5.83. The van der Waals surface area contributed by atoms with Crippen LogP contribution >= 0.6 is 0 Å². The van der Waals surface area contributed by atoms with E-state index >= 15 is 0 Å². The Morgan fingerprint density at radius 1 is 1.29 bits per heavy atom. The third kappa shape index (κ3) is 4.51. The number of H-pyrrole nitrogens is 1. The fraction of sp³-hybridized carbons (Fsp3) is 0.296. The maximum Gasteiger partial charge on any atom is 0.337 e. The highest BCUT2D eigenvalue weighted by molar-refractivity contribution is 5.94. The molecule has 1 aliphatic rings. The van der Waals surface area contributed by atoms with Crippen molar-refractivity contribution in [2.45, 2.75) is 38.6 Å². The van der Waals surface area contributed by atoms with E-state index < -0.39 is 5.97 Å². The third-order valence-corrected chi connectivity index (χ3v) is 6.71. The Bertz CT molecular complexity index is 1430. The van der Waals surface area contributed by atoms with Crippen LogP contribution in [0.25, 0.3) is 11.0 Å². The van der Waals surface area contributed by atoms with Crippen LogP contribution in [0, 0.1) is 6.92 Å². The predicted molar refractivity (Wildman–Crippen MR) is 135 cm³/mol. The first-order valence-corrected chi connectivity index (χ1v) is 11.8. The summed E-state index contributed by atoms with van der Waals surface area (Å²) < 4.78 is 6.42. The van der Waals surface area contributed by atoms with Crippen LogP contribution in [0.3, 0.4) is 0 Å². The molecule has 1 fully saturated rings. The Labute approximate surface area is 202 Å². The Hall–Kier alpha value is -4.07. The van der Waals surface area contributed by atoms with E-state index in [-0.39, 0.29) is 17.0 Å². The molecule has 5 rings (SSSR count). The Balaban J connectivity index is 1.53. The summed E-state index contributed by atoms with van der Waals surface area (Å²) in [6, 6.07) is 11.9. The van der Waals surface area contributed by atoms with Crippen LogP contribution < -0.4 is 15.6 Å². The lowest BCUT2D eigenvalue weighted by Crippen LogP contribution is -2.34. The molecule has 1 saturated heterocycles. The summed E-state index contributed by atoms with van der Waals surface area (Å²) in [5.41, 5.74) is 4.04. The van der Waals surface area contributed by atoms with Gasteiger partial charge < -0.3 is 19.7 Å². The number of piperidine rings is 1. The monoisotopic (exact) mass is 472 g/mol. The molecular weight excluding hydrogens is 444 g/mol. The minimum absolute atomic E-state index is 0.0882. The van der Waals surface area contributed by atoms with Gasteiger partial charge in [-0.05, 0) is 56.0 Å². The number of hydrogen-bond acceptors (Lipinski definition) is 6. The Kier molecular flexibility index (Phi) is 6.03. The summed E-state index contributed by atoms with van der Waals surface area (Å²) in [5, 5.41) is 20.4. The number of aromatic nitrogens is 2. The Morgan fingerprint density at radius 2 is 2.11 bits per heavy atom. The number of aromatic amines is 1. The molecule has 3 heterocycles. The lowest BCUT2D eigenvalue weighted by Gasteiger charge is -2.33. The van der Waals surface area contributed by atoms with Crippen LogP contribution in [0.15, 0.2) is 64.1 Å². The number of nitrogens with zero attached hydrogens (tertiary/aromatic N) is 2. The number of aromatic carboxylic acids is 1. The average molecular weight is 473 g/mol. The van der Waals surface area contributed by atoms with E-state index in [1.165, 1.54) is 0 Å². The summed E-state index contributed by atoms with van der Waals surface area (Å²) in [4.78, 5) is 27.0. The fourth-order valence-corrected chi connectivity index (χ4v) is 4.94. The molecule has 0 saturated carbocycles. The topological polar surface area (TPSA) is 111 Å². The van der Waals surface area contributed by atoms with Gasteiger partial charge in [0.15, 0.2) is 11.3 Å². The number of carboxylic acid groups (broad SMARTS) is 1. The standard InChI is InChI=1S/C27H28N4O4/c1-16-10-21(17(2)30-23-8-4-3-7-20(23)27(33)34)26-22(11-16)24(32)12-25(35-26)31-9-5-6-18(15-31)19-13-28-29-14-19/h3-4,7-8,10-14,17-18,30H,5-6,9,15H2,1-2H3,(H,28,29)(H,33,34)/t17-,18-/m1/s1. The first-order chi connectivity index (χ1) is 16.9. The van der Waals surface area contributed by atoms with E-state index in [1.54, 1.807) is 30.3 Å². The minimum Gasteiger partial charge on any atom is -0.478 e. The quantitative estimate of drug-likeness (QED) is 0.359. The van der Waals surface area contributed by atoms with Crippen molar-refractivity contribution >= 4 is 28.5 Å². The molecule has 180 valence electrons. The molecule has 2 aromatic heterocycles. The fourth-order valence-electron chi connectivity index (χ4n) is 4.94. The third-order valence-electron chi connectivity index (χ3n) is 6.71. The highest BCUT2D eigenvalue weighted by Crippen LogP contribution is 2.33. The predicted octanol–water partition coefficient (Wildman–Crippen LogP) is 5.08. The molecule has 0 bridgehead atoms. The summed E-state index contributed by atoms with van der Waals surface area (Å²) >= 11 is 0. The number of carboxylic acids is 1. The van der Waals surface area contributed by atoms with Crippen molar-refractivity contribution < 1.29 is 14.3 Å². The van der Waals surface area contributed by atoms with Gasteiger partial charge in [0.25, 0.3) is 0 Å². The van der Waals surface area contributed by atoms with Crippen molar-refractivity contribution in [1.82, 2.24) is 10.2 Å². The number of para-hydroxylation sites is 1. The second-order valence-electron chi connectivity index (χ2n) is 9.21. The molecule has 1 aliphatic heterocycles. The van der Waals surface area contributed by atoms with Crippen LogP contribution in [-0.4, -0.2) is 34.4 Å². The van der Waals surface area contributed by atoms with Crippen LogP contribution in [0.4, 0.5) is 11.6 Å². The molecule has 4 aromatic rings. The lowest BCUT2D eigenvalue weighted by molar-refractivity contribution is 0.0698. The number of anilines is 2. The SMILES string of the molecule is Cc1cc([C@@H](C)Nc2ccccc2C(=O)O)c2oc(N3CCC[C@@H](c4cn[nH]c4)C3)cc(=O)c2c1. The van der Waals surface area contributed by atoms with Gasteiger partial charge in [0, 0.05) is 42.5 Å². The molecule has 0 radical (unpaired) electrons. The number of hydrogen-bond donors (Lipinski definition) is 3. The lowest BCUT2D eigenvalue weighted by atomic mass is 9.93. The average Bonchev–Trinajstić information content (AvgIpc) is 3.39. The second-order valence-corrected chi connectivity index (χ2v) is 9.21. The smallest absolute Gasteiger partial charge is 0.337 e. The van der Waals surface area contributed by atoms with Crippen molar-refractivity contribution in [2.24, 2.45) is 0 Å². The molecule has 0 amide bonds. The van der Waals surface area contributed by atoms with E-state index in [2.05, 4.69) is 20.4 Å². The zero-order valence-electron chi connectivity index (χ0n) is 19.7. The van der Waals surface area contributed by atoms with Gasteiger partial charge in [0.05, 0.1) is 23.2 Å². The molecule has 0 aliphatic carbocycles. The first-order valence-electron chi connectivity index (χ1n) is 11.8. The molecule has 2 aromatic carbocycles. The van der Waals surface area contributed by atoms with E-state index in [9.17, 15) is 14.7 Å². The highest BCUT2D eigenvalue weighted by Gasteiger charge is 2.25. The number of rotatable bonds is 6. The number of carbonyl (C=O) groups is 1. The van der Waals surface area contributed by atoms with E-state index in [0.29, 0.717) is 28.5 Å². The molecular formula is C27H28N4O4. The van der Waals surface area contributed by atoms with Crippen molar-refractivity contribution in [3.8, 4) is 0 Å². The molecule has 3 N–H and O–H groups in total. The van der Waals surface area contributed by atoms with Gasteiger partial charge in [-0.15, -0.1) is 0 Å². The number of nitrogens with one attached hydrogen (secondary N) is 2. The maximum atomic E-state index is 13.2. The van der Waals surface area contributed by atoms with Crippen molar-refractivity contribution in [3.63, 3.8) is 0 Å². The van der Waals surface area contributed by atoms with Gasteiger partial charge in [0.2, 0.25) is 0 Å². The molecule has 8 heteroatoms. The number of benzene rings is 2. The van der Waals surface area contributed by atoms with Gasteiger partial charge >= 0.3 is 5.97 Å². The van der Waals surface area contributed by atoms with Gasteiger partial charge in [-0.25, -0.2) is 4.79 Å². The number of fused-ring (bicyclic) bond motifs is 1. The zero-order valence-corrected chi connectivity index (χ0v) is 19.7. The van der Waals surface area contributed by atoms with E-state index in [4.69, 9.17) is 4.42 Å². The molecule has 2 atom stereocenters. The summed E-state index contributed by atoms with van der Waals surface area (Å²) in [6.45, 7) is 5.43.